The maximum Gasteiger partial charge on any atom is 0.324 e. The highest BCUT2D eigenvalue weighted by Crippen LogP contribution is 2.59. The highest BCUT2D eigenvalue weighted by molar-refractivity contribution is 7.80. The van der Waals surface area contributed by atoms with E-state index in [2.05, 4.69) is 30.9 Å². The minimum Gasteiger partial charge on any atom is -0.387 e. The molecule has 16 heteroatoms. The van der Waals surface area contributed by atoms with Gasteiger partial charge in [-0.25, -0.2) is 24.0 Å². The van der Waals surface area contributed by atoms with Gasteiger partial charge in [0.15, 0.2) is 29.3 Å². The van der Waals surface area contributed by atoms with Crippen molar-refractivity contribution < 1.29 is 33.3 Å². The second kappa shape index (κ2) is 11.6. The fourth-order valence-corrected chi connectivity index (χ4v) is 9.23. The van der Waals surface area contributed by atoms with Crippen LogP contribution in [-0.2, 0) is 20.8 Å². The first-order valence-corrected chi connectivity index (χ1v) is 16.3. The molecule has 0 radical (unpaired) electrons. The van der Waals surface area contributed by atoms with Crippen LogP contribution >= 0.6 is 0 Å². The summed E-state index contributed by atoms with van der Waals surface area (Å²) in [6, 6.07) is 6.32. The number of fused-ring (bicyclic) bond motifs is 1. The van der Waals surface area contributed by atoms with E-state index in [0.29, 0.717) is 35.7 Å². The summed E-state index contributed by atoms with van der Waals surface area (Å²) in [5.41, 5.74) is 0.777. The number of carbonyl (C=O) groups excluding carboxylic acids is 2. The van der Waals surface area contributed by atoms with Crippen molar-refractivity contribution in [2.45, 2.75) is 75.5 Å². The molecule has 240 valence electrons. The molecular weight excluding hydrogens is 604 g/mol. The highest BCUT2D eigenvalue weighted by Gasteiger charge is 2.55. The summed E-state index contributed by atoms with van der Waals surface area (Å²) in [6.45, 7) is 2.05. The maximum absolute atomic E-state index is 13.3. The van der Waals surface area contributed by atoms with Crippen LogP contribution in [0.5, 0.6) is 0 Å². The number of carbonyl (C=O) groups is 2. The first kappa shape index (κ1) is 30.0. The molecule has 3 amide bonds. The number of anilines is 3. The van der Waals surface area contributed by atoms with Crippen LogP contribution < -0.4 is 20.3 Å². The zero-order valence-electron chi connectivity index (χ0n) is 24.6. The van der Waals surface area contributed by atoms with Gasteiger partial charge in [0.1, 0.15) is 18.5 Å². The lowest BCUT2D eigenvalue weighted by Gasteiger charge is -2.59. The van der Waals surface area contributed by atoms with Gasteiger partial charge in [-0.3, -0.25) is 23.5 Å². The van der Waals surface area contributed by atoms with Crippen LogP contribution in [0.2, 0.25) is 0 Å². The molecule has 1 aromatic carbocycles. The molecule has 15 nitrogen and oxygen atoms in total. The van der Waals surface area contributed by atoms with E-state index in [1.807, 2.05) is 0 Å². The van der Waals surface area contributed by atoms with Crippen LogP contribution in [0.15, 0.2) is 36.9 Å². The number of likely N-dealkylation sites (N-methyl/N-ethyl adjacent to an activating group) is 1. The van der Waals surface area contributed by atoms with Crippen molar-refractivity contribution in [2.75, 3.05) is 21.5 Å². The monoisotopic (exact) mass is 640 g/mol. The number of rotatable bonds is 8. The molecule has 2 aromatic heterocycles. The van der Waals surface area contributed by atoms with Crippen LogP contribution in [0.1, 0.15) is 51.7 Å². The number of hydrogen-bond donors (Lipinski definition) is 6. The van der Waals surface area contributed by atoms with Crippen molar-refractivity contribution in [3.05, 3.63) is 36.9 Å². The van der Waals surface area contributed by atoms with Crippen LogP contribution in [0, 0.1) is 17.8 Å². The van der Waals surface area contributed by atoms with Gasteiger partial charge in [-0.15, -0.1) is 0 Å². The Bertz CT molecular complexity index is 1620. The molecule has 4 bridgehead atoms. The van der Waals surface area contributed by atoms with E-state index < -0.39 is 53.3 Å². The zero-order valence-corrected chi connectivity index (χ0v) is 25.4. The fourth-order valence-electron chi connectivity index (χ4n) is 8.35. The number of urea groups is 1. The number of para-hydroxylation sites is 2. The van der Waals surface area contributed by atoms with Gasteiger partial charge in [-0.2, -0.15) is 0 Å². The molecule has 4 aliphatic carbocycles. The van der Waals surface area contributed by atoms with E-state index in [1.54, 1.807) is 35.5 Å². The average molecular weight is 641 g/mol. The quantitative estimate of drug-likeness (QED) is 0.198. The third kappa shape index (κ3) is 5.23. The normalized spacial score (nSPS) is 32.4. The number of imidazole rings is 1. The van der Waals surface area contributed by atoms with E-state index in [-0.39, 0.29) is 17.0 Å². The largest absolute Gasteiger partial charge is 0.387 e. The number of amides is 3. The molecule has 0 spiro atoms. The topological polar surface area (TPSA) is 204 Å². The molecule has 1 unspecified atom stereocenters. The number of aromatic nitrogens is 4. The summed E-state index contributed by atoms with van der Waals surface area (Å²) in [5, 5.41) is 29.2. The first-order valence-electron chi connectivity index (χ1n) is 15.2. The van der Waals surface area contributed by atoms with Crippen molar-refractivity contribution in [3.63, 3.8) is 0 Å². The molecule has 3 aromatic rings. The lowest BCUT2D eigenvalue weighted by atomic mass is 9.53. The number of benzene rings is 1. The maximum atomic E-state index is 13.3. The van der Waals surface area contributed by atoms with Crippen LogP contribution in [0.25, 0.3) is 11.2 Å². The summed E-state index contributed by atoms with van der Waals surface area (Å²) in [6.07, 6.45) is 3.23. The SMILES string of the molecule is CCNC(=O)[C@H]1O[C@@H](n2cnc3c(NC(=O)Nc4ccccc4N(S(=O)O)C45CC6CC(CC(C6)C4)C5)ncnc32)[C@H](O)[C@@H]1O. The Labute approximate surface area is 261 Å². The number of ether oxygens (including phenoxy) is 1. The van der Waals surface area contributed by atoms with Gasteiger partial charge in [0.25, 0.3) is 17.2 Å². The van der Waals surface area contributed by atoms with E-state index >= 15 is 0 Å². The highest BCUT2D eigenvalue weighted by atomic mass is 32.2. The molecule has 1 saturated heterocycles. The molecule has 5 atom stereocenters. The third-order valence-corrected chi connectivity index (χ3v) is 10.6. The van der Waals surface area contributed by atoms with Crippen LogP contribution in [0.3, 0.4) is 0 Å². The summed E-state index contributed by atoms with van der Waals surface area (Å²) in [7, 11) is 0. The second-order valence-corrected chi connectivity index (χ2v) is 13.5. The van der Waals surface area contributed by atoms with E-state index in [0.717, 1.165) is 19.3 Å². The zero-order chi connectivity index (χ0) is 31.5. The van der Waals surface area contributed by atoms with Gasteiger partial charge >= 0.3 is 6.03 Å². The number of nitrogens with zero attached hydrogens (tertiary/aromatic N) is 5. The van der Waals surface area contributed by atoms with Crippen LogP contribution in [0.4, 0.5) is 22.0 Å². The van der Waals surface area contributed by atoms with Gasteiger partial charge < -0.3 is 25.6 Å². The Hall–Kier alpha value is -3.70. The van der Waals surface area contributed by atoms with Gasteiger partial charge in [-0.1, -0.05) is 12.1 Å². The van der Waals surface area contributed by atoms with Gasteiger partial charge in [0.2, 0.25) is 0 Å². The summed E-state index contributed by atoms with van der Waals surface area (Å²) in [5.74, 6) is 1.14. The first-order chi connectivity index (χ1) is 21.7. The Morgan fingerprint density at radius 3 is 2.40 bits per heavy atom. The number of hydrogen-bond acceptors (Lipinski definition) is 9. The van der Waals surface area contributed by atoms with Crippen LogP contribution in [-0.4, -0.2) is 80.8 Å². The minimum absolute atomic E-state index is 0.0608. The Morgan fingerprint density at radius 1 is 1.04 bits per heavy atom. The average Bonchev–Trinajstić information content (AvgIpc) is 3.54. The molecular formula is C29H36N8O7S. The van der Waals surface area contributed by atoms with Crippen molar-refractivity contribution in [2.24, 2.45) is 17.8 Å². The molecule has 3 heterocycles. The standard InChI is InChI=1S/C29H36N8O7S/c1-2-30-26(40)23-21(38)22(39)27(44-23)36-14-33-20-24(31-13-32-25(20)36)35-28(41)34-18-5-3-4-6-19(18)37(45(42)43)29-10-15-7-16(11-29)9-17(8-15)12-29/h3-6,13-17,21-23,27,38-39H,2,7-12H2,1H3,(H,30,40)(H,42,43)(H2,31,32,34,35,41)/t15?,16?,17?,21-,22+,23-,27+,29?/m0/s1. The van der Waals surface area contributed by atoms with Crippen molar-refractivity contribution in [1.82, 2.24) is 24.8 Å². The lowest BCUT2D eigenvalue weighted by molar-refractivity contribution is -0.137. The molecule has 1 aliphatic heterocycles. The minimum atomic E-state index is -2.31. The van der Waals surface area contributed by atoms with Crippen molar-refractivity contribution >= 4 is 51.6 Å². The third-order valence-electron chi connectivity index (χ3n) is 9.68. The Morgan fingerprint density at radius 2 is 1.73 bits per heavy atom. The molecule has 6 N–H and O–H groups in total. The van der Waals surface area contributed by atoms with E-state index in [1.165, 1.54) is 36.5 Å². The predicted octanol–water partition coefficient (Wildman–Crippen LogP) is 2.14. The molecule has 5 fully saturated rings. The Balaban J connectivity index is 1.12. The van der Waals surface area contributed by atoms with Crippen molar-refractivity contribution in [1.29, 1.82) is 0 Å². The van der Waals surface area contributed by atoms with E-state index in [9.17, 15) is 28.6 Å². The van der Waals surface area contributed by atoms with Gasteiger partial charge in [0, 0.05) is 6.54 Å². The smallest absolute Gasteiger partial charge is 0.324 e. The second-order valence-electron chi connectivity index (χ2n) is 12.6. The number of aliphatic hydroxyl groups excluding tert-OH is 2. The number of aliphatic hydroxyl groups is 2. The lowest BCUT2D eigenvalue weighted by Crippen LogP contribution is -2.60. The number of nitrogens with one attached hydrogen (secondary N) is 3. The van der Waals surface area contributed by atoms with E-state index in [4.69, 9.17) is 4.74 Å². The molecule has 4 saturated carbocycles. The van der Waals surface area contributed by atoms with Gasteiger partial charge in [0.05, 0.1) is 23.2 Å². The molecule has 8 rings (SSSR count). The summed E-state index contributed by atoms with van der Waals surface area (Å²) in [4.78, 5) is 38.4. The molecule has 45 heavy (non-hydrogen) atoms. The fraction of sp³-hybridized carbons (Fsp3) is 0.552. The Kier molecular flexibility index (Phi) is 7.72. The molecule has 5 aliphatic rings. The summed E-state index contributed by atoms with van der Waals surface area (Å²) >= 11 is -2.31. The van der Waals surface area contributed by atoms with Gasteiger partial charge in [-0.05, 0) is 75.3 Å². The predicted molar refractivity (Wildman–Crippen MR) is 163 cm³/mol. The van der Waals surface area contributed by atoms with Crippen molar-refractivity contribution in [3.8, 4) is 0 Å². The summed E-state index contributed by atoms with van der Waals surface area (Å²) < 4.78 is 32.2.